The number of carbonyl (C=O) groups is 1. The lowest BCUT2D eigenvalue weighted by Crippen LogP contribution is -2.30. The zero-order chi connectivity index (χ0) is 20.0. The fourth-order valence-electron chi connectivity index (χ4n) is 2.75. The number of nitrogens with one attached hydrogen (secondary N) is 1. The molecule has 0 aliphatic rings. The SMILES string of the molecule is CCN(CC)S(=O)(=O)c1ccc([C@@H](C)NC(=O)c2ccc(OC)cc2)cc1. The van der Waals surface area contributed by atoms with E-state index in [1.807, 2.05) is 20.8 Å². The van der Waals surface area contributed by atoms with E-state index in [0.717, 1.165) is 5.56 Å². The van der Waals surface area contributed by atoms with E-state index in [2.05, 4.69) is 5.32 Å². The molecule has 2 aromatic carbocycles. The molecule has 1 amide bonds. The monoisotopic (exact) mass is 390 g/mol. The molecule has 0 radical (unpaired) electrons. The van der Waals surface area contributed by atoms with Crippen LogP contribution in [0.4, 0.5) is 0 Å². The number of sulfonamides is 1. The van der Waals surface area contributed by atoms with E-state index in [9.17, 15) is 13.2 Å². The molecular formula is C20H26N2O4S. The average Bonchev–Trinajstić information content (AvgIpc) is 2.68. The van der Waals surface area contributed by atoms with Crippen LogP contribution in [0.1, 0.15) is 42.7 Å². The van der Waals surface area contributed by atoms with Crippen molar-refractivity contribution in [1.82, 2.24) is 9.62 Å². The normalized spacial score (nSPS) is 12.6. The second kappa shape index (κ2) is 9.01. The summed E-state index contributed by atoms with van der Waals surface area (Å²) in [5, 5.41) is 2.91. The molecule has 1 atom stereocenters. The maximum atomic E-state index is 12.5. The van der Waals surface area contributed by atoms with Crippen LogP contribution in [0.5, 0.6) is 5.75 Å². The minimum atomic E-state index is -3.48. The first-order chi connectivity index (χ1) is 12.8. The Hall–Kier alpha value is -2.38. The first kappa shape index (κ1) is 20.9. The van der Waals surface area contributed by atoms with Crippen molar-refractivity contribution in [3.8, 4) is 5.75 Å². The van der Waals surface area contributed by atoms with Crippen molar-refractivity contribution in [1.29, 1.82) is 0 Å². The van der Waals surface area contributed by atoms with Crippen molar-refractivity contribution in [2.45, 2.75) is 31.7 Å². The third-order valence-electron chi connectivity index (χ3n) is 4.42. The van der Waals surface area contributed by atoms with Crippen LogP contribution < -0.4 is 10.1 Å². The molecule has 0 aromatic heterocycles. The smallest absolute Gasteiger partial charge is 0.251 e. The predicted molar refractivity (Wildman–Crippen MR) is 105 cm³/mol. The molecule has 0 saturated carbocycles. The summed E-state index contributed by atoms with van der Waals surface area (Å²) < 4.78 is 31.6. The zero-order valence-corrected chi connectivity index (χ0v) is 16.9. The molecule has 0 unspecified atom stereocenters. The highest BCUT2D eigenvalue weighted by atomic mass is 32.2. The maximum absolute atomic E-state index is 12.5. The number of nitrogens with zero attached hydrogens (tertiary/aromatic N) is 1. The Labute approximate surface area is 161 Å². The van der Waals surface area contributed by atoms with E-state index in [4.69, 9.17) is 4.74 Å². The lowest BCUT2D eigenvalue weighted by atomic mass is 10.1. The van der Waals surface area contributed by atoms with Gasteiger partial charge in [-0.15, -0.1) is 0 Å². The predicted octanol–water partition coefficient (Wildman–Crippen LogP) is 3.22. The van der Waals surface area contributed by atoms with Gasteiger partial charge >= 0.3 is 0 Å². The van der Waals surface area contributed by atoms with Crippen molar-refractivity contribution in [2.75, 3.05) is 20.2 Å². The third-order valence-corrected chi connectivity index (χ3v) is 6.49. The Kier molecular flexibility index (Phi) is 6.98. The maximum Gasteiger partial charge on any atom is 0.251 e. The molecule has 6 nitrogen and oxygen atoms in total. The van der Waals surface area contributed by atoms with E-state index in [0.29, 0.717) is 24.4 Å². The summed E-state index contributed by atoms with van der Waals surface area (Å²) >= 11 is 0. The number of ether oxygens (including phenoxy) is 1. The van der Waals surface area contributed by atoms with Crippen LogP contribution in [0.25, 0.3) is 0 Å². The van der Waals surface area contributed by atoms with Crippen molar-refractivity contribution < 1.29 is 17.9 Å². The van der Waals surface area contributed by atoms with E-state index >= 15 is 0 Å². The van der Waals surface area contributed by atoms with Crippen LogP contribution in [0.15, 0.2) is 53.4 Å². The van der Waals surface area contributed by atoms with Crippen LogP contribution in [0, 0.1) is 0 Å². The number of hydrogen-bond donors (Lipinski definition) is 1. The molecular weight excluding hydrogens is 364 g/mol. The van der Waals surface area contributed by atoms with Crippen LogP contribution in [-0.4, -0.2) is 38.8 Å². The van der Waals surface area contributed by atoms with Gasteiger partial charge in [0, 0.05) is 18.7 Å². The highest BCUT2D eigenvalue weighted by Gasteiger charge is 2.21. The van der Waals surface area contributed by atoms with Gasteiger partial charge in [0.1, 0.15) is 5.75 Å². The summed E-state index contributed by atoms with van der Waals surface area (Å²) in [6, 6.07) is 13.2. The summed E-state index contributed by atoms with van der Waals surface area (Å²) in [6.45, 7) is 6.33. The molecule has 1 N–H and O–H groups in total. The molecule has 0 heterocycles. The second-order valence-corrected chi connectivity index (χ2v) is 8.02. The molecule has 2 rings (SSSR count). The second-order valence-electron chi connectivity index (χ2n) is 6.08. The number of methoxy groups -OCH3 is 1. The number of rotatable bonds is 8. The van der Waals surface area contributed by atoms with Gasteiger partial charge < -0.3 is 10.1 Å². The van der Waals surface area contributed by atoms with Gasteiger partial charge in [-0.3, -0.25) is 4.79 Å². The Balaban J connectivity index is 2.10. The van der Waals surface area contributed by atoms with Crippen LogP contribution >= 0.6 is 0 Å². The highest BCUT2D eigenvalue weighted by molar-refractivity contribution is 7.89. The molecule has 27 heavy (non-hydrogen) atoms. The van der Waals surface area contributed by atoms with Crippen LogP contribution in [0.2, 0.25) is 0 Å². The largest absolute Gasteiger partial charge is 0.497 e. The van der Waals surface area contributed by atoms with Gasteiger partial charge in [-0.2, -0.15) is 4.31 Å². The van der Waals surface area contributed by atoms with Gasteiger partial charge in [0.05, 0.1) is 18.0 Å². The number of hydrogen-bond acceptors (Lipinski definition) is 4. The quantitative estimate of drug-likeness (QED) is 0.751. The van der Waals surface area contributed by atoms with E-state index in [1.165, 1.54) is 4.31 Å². The molecule has 0 aliphatic carbocycles. The first-order valence-corrected chi connectivity index (χ1v) is 10.3. The number of benzene rings is 2. The highest BCUT2D eigenvalue weighted by Crippen LogP contribution is 2.20. The van der Waals surface area contributed by atoms with E-state index in [1.54, 1.807) is 55.6 Å². The van der Waals surface area contributed by atoms with Crippen LogP contribution in [0.3, 0.4) is 0 Å². The van der Waals surface area contributed by atoms with E-state index in [-0.39, 0.29) is 16.8 Å². The van der Waals surface area contributed by atoms with Crippen molar-refractivity contribution >= 4 is 15.9 Å². The summed E-state index contributed by atoms with van der Waals surface area (Å²) in [5.41, 5.74) is 1.36. The summed E-state index contributed by atoms with van der Waals surface area (Å²) in [7, 11) is -1.91. The van der Waals surface area contributed by atoms with Gasteiger partial charge in [-0.25, -0.2) is 8.42 Å². The molecule has 0 bridgehead atoms. The van der Waals surface area contributed by atoms with Gasteiger partial charge in [-0.05, 0) is 48.9 Å². The summed E-state index contributed by atoms with van der Waals surface area (Å²) in [5.74, 6) is 0.481. The Morgan fingerprint density at radius 2 is 1.59 bits per heavy atom. The minimum absolute atomic E-state index is 0.204. The standard InChI is InChI=1S/C20H26N2O4S/c1-5-22(6-2)27(24,25)19-13-9-16(10-14-19)15(3)21-20(23)17-7-11-18(26-4)12-8-17/h7-15H,5-6H2,1-4H3,(H,21,23)/t15-/m1/s1. The first-order valence-electron chi connectivity index (χ1n) is 8.88. The van der Waals surface area contributed by atoms with Crippen molar-refractivity contribution in [3.63, 3.8) is 0 Å². The topological polar surface area (TPSA) is 75.7 Å². The summed E-state index contributed by atoms with van der Waals surface area (Å²) in [4.78, 5) is 12.6. The number of carbonyl (C=O) groups excluding carboxylic acids is 1. The van der Waals surface area contributed by atoms with Crippen LogP contribution in [-0.2, 0) is 10.0 Å². The number of amides is 1. The molecule has 7 heteroatoms. The fourth-order valence-corrected chi connectivity index (χ4v) is 4.20. The lowest BCUT2D eigenvalue weighted by molar-refractivity contribution is 0.0940. The van der Waals surface area contributed by atoms with Gasteiger partial charge in [0.25, 0.3) is 5.91 Å². The van der Waals surface area contributed by atoms with Crippen molar-refractivity contribution in [2.24, 2.45) is 0 Å². The molecule has 0 fully saturated rings. The molecule has 0 saturated heterocycles. The fraction of sp³-hybridized carbons (Fsp3) is 0.350. The Morgan fingerprint density at radius 1 is 1.04 bits per heavy atom. The zero-order valence-electron chi connectivity index (χ0n) is 16.1. The third kappa shape index (κ3) is 4.87. The minimum Gasteiger partial charge on any atom is -0.497 e. The Bertz CT molecular complexity index is 858. The van der Waals surface area contributed by atoms with E-state index < -0.39 is 10.0 Å². The average molecular weight is 391 g/mol. The lowest BCUT2D eigenvalue weighted by Gasteiger charge is -2.19. The molecule has 146 valence electrons. The Morgan fingerprint density at radius 3 is 2.07 bits per heavy atom. The van der Waals surface area contributed by atoms with Gasteiger partial charge in [0.2, 0.25) is 10.0 Å². The molecule has 2 aromatic rings. The van der Waals surface area contributed by atoms with Gasteiger partial charge in [-0.1, -0.05) is 26.0 Å². The molecule has 0 spiro atoms. The summed E-state index contributed by atoms with van der Waals surface area (Å²) in [6.07, 6.45) is 0. The van der Waals surface area contributed by atoms with Crippen molar-refractivity contribution in [3.05, 3.63) is 59.7 Å². The van der Waals surface area contributed by atoms with Gasteiger partial charge in [0.15, 0.2) is 0 Å². The molecule has 0 aliphatic heterocycles.